The van der Waals surface area contributed by atoms with Crippen LogP contribution in [0.15, 0.2) is 29.3 Å². The van der Waals surface area contributed by atoms with E-state index in [4.69, 9.17) is 14.5 Å². The topological polar surface area (TPSA) is 84.0 Å². The van der Waals surface area contributed by atoms with Gasteiger partial charge in [0.05, 0.1) is 19.3 Å². The fourth-order valence-corrected chi connectivity index (χ4v) is 3.58. The summed E-state index contributed by atoms with van der Waals surface area (Å²) in [5.74, 6) is 0.945. The summed E-state index contributed by atoms with van der Waals surface area (Å²) in [5, 5.41) is 9.56. The van der Waals surface area contributed by atoms with Crippen LogP contribution in [-0.4, -0.2) is 57.4 Å². The van der Waals surface area contributed by atoms with E-state index in [1.54, 1.807) is 0 Å². The summed E-state index contributed by atoms with van der Waals surface area (Å²) in [6.07, 6.45) is 3.91. The lowest BCUT2D eigenvalue weighted by Crippen LogP contribution is -2.38. The maximum atomic E-state index is 12.0. The number of halogens is 1. The Hall–Kier alpha value is -1.39. The lowest BCUT2D eigenvalue weighted by molar-refractivity contribution is -0.116. The van der Waals surface area contributed by atoms with E-state index >= 15 is 0 Å². The molecule has 1 amide bonds. The van der Waals surface area contributed by atoms with Gasteiger partial charge in [0.25, 0.3) is 0 Å². The zero-order chi connectivity index (χ0) is 19.6. The molecule has 2 atom stereocenters. The quantitative estimate of drug-likeness (QED) is 0.204. The van der Waals surface area contributed by atoms with E-state index in [9.17, 15) is 4.79 Å². The number of nitrogens with zero attached hydrogens (tertiary/aromatic N) is 1. The third-order valence-electron chi connectivity index (χ3n) is 5.01. The first-order valence-electron chi connectivity index (χ1n) is 10.4. The van der Waals surface area contributed by atoms with Gasteiger partial charge >= 0.3 is 0 Å². The lowest BCUT2D eigenvalue weighted by Gasteiger charge is -2.24. The van der Waals surface area contributed by atoms with Crippen molar-refractivity contribution in [2.24, 2.45) is 4.99 Å². The Morgan fingerprint density at radius 2 is 2.21 bits per heavy atom. The van der Waals surface area contributed by atoms with Gasteiger partial charge in [0.1, 0.15) is 0 Å². The highest BCUT2D eigenvalue weighted by atomic mass is 127. The lowest BCUT2D eigenvalue weighted by atomic mass is 9.91. The third-order valence-corrected chi connectivity index (χ3v) is 5.01. The Bertz CT molecular complexity index is 665. The smallest absolute Gasteiger partial charge is 0.225 e. The minimum Gasteiger partial charge on any atom is -0.379 e. The first-order valence-corrected chi connectivity index (χ1v) is 10.4. The molecule has 0 radical (unpaired) electrons. The number of amides is 1. The highest BCUT2D eigenvalue weighted by molar-refractivity contribution is 14.0. The van der Waals surface area contributed by atoms with Crippen molar-refractivity contribution < 1.29 is 14.3 Å². The maximum absolute atomic E-state index is 12.0. The molecule has 0 bridgehead atoms. The second-order valence-corrected chi connectivity index (χ2v) is 7.25. The summed E-state index contributed by atoms with van der Waals surface area (Å²) in [7, 11) is 0. The van der Waals surface area contributed by atoms with Crippen molar-refractivity contribution in [3.8, 4) is 0 Å². The molecule has 3 N–H and O–H groups in total. The van der Waals surface area contributed by atoms with Crippen molar-refractivity contribution in [1.82, 2.24) is 10.6 Å². The van der Waals surface area contributed by atoms with E-state index in [-0.39, 0.29) is 41.9 Å². The Kier molecular flexibility index (Phi) is 10.7. The minimum atomic E-state index is 0. The van der Waals surface area contributed by atoms with E-state index < -0.39 is 0 Å². The summed E-state index contributed by atoms with van der Waals surface area (Å²) in [4.78, 5) is 16.7. The number of hydrogen-bond acceptors (Lipinski definition) is 4. The highest BCUT2D eigenvalue weighted by Crippen LogP contribution is 2.31. The molecule has 2 aliphatic heterocycles. The molecule has 2 unspecified atom stereocenters. The van der Waals surface area contributed by atoms with Crippen molar-refractivity contribution in [2.75, 3.05) is 44.8 Å². The molecule has 29 heavy (non-hydrogen) atoms. The zero-order valence-electron chi connectivity index (χ0n) is 17.1. The van der Waals surface area contributed by atoms with Crippen LogP contribution >= 0.6 is 24.0 Å². The number of carbonyl (C=O) groups excluding carboxylic acids is 1. The van der Waals surface area contributed by atoms with Crippen molar-refractivity contribution in [3.63, 3.8) is 0 Å². The van der Waals surface area contributed by atoms with Gasteiger partial charge in [0, 0.05) is 44.3 Å². The van der Waals surface area contributed by atoms with Crippen molar-refractivity contribution in [2.45, 2.75) is 44.6 Å². The summed E-state index contributed by atoms with van der Waals surface area (Å²) in [6.45, 7) is 6.48. The first kappa shape index (κ1) is 23.9. The number of hydrogen-bond donors (Lipinski definition) is 3. The van der Waals surface area contributed by atoms with Gasteiger partial charge in [-0.05, 0) is 37.8 Å². The summed E-state index contributed by atoms with van der Waals surface area (Å²) in [6, 6.07) is 7.97. The molecule has 1 saturated heterocycles. The van der Waals surface area contributed by atoms with Gasteiger partial charge in [0.15, 0.2) is 5.96 Å². The van der Waals surface area contributed by atoms with Gasteiger partial charge in [0.2, 0.25) is 5.91 Å². The average molecular weight is 516 g/mol. The van der Waals surface area contributed by atoms with Gasteiger partial charge in [-0.15, -0.1) is 24.0 Å². The van der Waals surface area contributed by atoms with Crippen molar-refractivity contribution in [1.29, 1.82) is 0 Å². The average Bonchev–Trinajstić information content (AvgIpc) is 3.21. The SMILES string of the molecule is CCNC(=NCC1CC(=O)Nc2ccccc21)NCCCOCC1CCCO1.I. The van der Waals surface area contributed by atoms with Crippen LogP contribution in [0, 0.1) is 0 Å². The molecule has 1 aromatic rings. The van der Waals surface area contributed by atoms with Gasteiger partial charge in [-0.2, -0.15) is 0 Å². The molecule has 0 saturated carbocycles. The van der Waals surface area contributed by atoms with Crippen molar-refractivity contribution >= 4 is 41.5 Å². The minimum absolute atomic E-state index is 0. The maximum Gasteiger partial charge on any atom is 0.225 e. The zero-order valence-corrected chi connectivity index (χ0v) is 19.4. The number of ether oxygens (including phenoxy) is 2. The number of para-hydroxylation sites is 1. The summed E-state index contributed by atoms with van der Waals surface area (Å²) >= 11 is 0. The van der Waals surface area contributed by atoms with Crippen LogP contribution in [0.3, 0.4) is 0 Å². The van der Waals surface area contributed by atoms with Gasteiger partial charge in [-0.1, -0.05) is 18.2 Å². The second-order valence-electron chi connectivity index (χ2n) is 7.25. The van der Waals surface area contributed by atoms with Crippen LogP contribution < -0.4 is 16.0 Å². The van der Waals surface area contributed by atoms with Crippen molar-refractivity contribution in [3.05, 3.63) is 29.8 Å². The molecule has 162 valence electrons. The van der Waals surface area contributed by atoms with Crippen LogP contribution in [0.1, 0.15) is 44.1 Å². The molecule has 2 aliphatic rings. The number of guanidine groups is 1. The Morgan fingerprint density at radius 1 is 1.34 bits per heavy atom. The molecule has 1 fully saturated rings. The number of carbonyl (C=O) groups is 1. The monoisotopic (exact) mass is 516 g/mol. The molecule has 0 aromatic heterocycles. The van der Waals surface area contributed by atoms with Crippen LogP contribution in [0.25, 0.3) is 0 Å². The van der Waals surface area contributed by atoms with E-state index in [1.165, 1.54) is 0 Å². The summed E-state index contributed by atoms with van der Waals surface area (Å²) in [5.41, 5.74) is 2.06. The molecule has 0 spiro atoms. The highest BCUT2D eigenvalue weighted by Gasteiger charge is 2.24. The standard InChI is InChI=1S/C21H32N4O3.HI/c1-2-22-21(23-10-6-11-27-15-17-7-5-12-28-17)24-14-16-13-20(26)25-19-9-4-3-8-18(16)19;/h3-4,8-9,16-17H,2,5-7,10-15H2,1H3,(H,25,26)(H2,22,23,24);1H. The molecule has 7 nitrogen and oxygen atoms in total. The van der Waals surface area contributed by atoms with Gasteiger partial charge in [-0.25, -0.2) is 0 Å². The van der Waals surface area contributed by atoms with E-state index in [0.29, 0.717) is 26.2 Å². The molecular weight excluding hydrogens is 483 g/mol. The number of nitrogens with one attached hydrogen (secondary N) is 3. The van der Waals surface area contributed by atoms with Crippen LogP contribution in [0.2, 0.25) is 0 Å². The largest absolute Gasteiger partial charge is 0.379 e. The number of fused-ring (bicyclic) bond motifs is 1. The molecule has 2 heterocycles. The normalized spacial score (nSPS) is 21.1. The Balaban J connectivity index is 0.00000300. The van der Waals surface area contributed by atoms with Crippen LogP contribution in [-0.2, 0) is 14.3 Å². The molecule has 1 aromatic carbocycles. The number of benzene rings is 1. The van der Waals surface area contributed by atoms with E-state index in [2.05, 4.69) is 22.0 Å². The molecule has 0 aliphatic carbocycles. The van der Waals surface area contributed by atoms with Gasteiger partial charge < -0.3 is 25.4 Å². The second kappa shape index (κ2) is 13.0. The molecule has 8 heteroatoms. The fraction of sp³-hybridized carbons (Fsp3) is 0.619. The predicted octanol–water partition coefficient (Wildman–Crippen LogP) is 2.87. The van der Waals surface area contributed by atoms with E-state index in [1.807, 2.05) is 25.1 Å². The Morgan fingerprint density at radius 3 is 3.00 bits per heavy atom. The van der Waals surface area contributed by atoms with E-state index in [0.717, 1.165) is 56.2 Å². The first-order chi connectivity index (χ1) is 13.8. The number of rotatable bonds is 9. The molecular formula is C21H33IN4O3. The number of anilines is 1. The predicted molar refractivity (Wildman–Crippen MR) is 126 cm³/mol. The van der Waals surface area contributed by atoms with Gasteiger partial charge in [-0.3, -0.25) is 9.79 Å². The third kappa shape index (κ3) is 7.75. The molecule has 3 rings (SSSR count). The van der Waals surface area contributed by atoms with Crippen LogP contribution in [0.5, 0.6) is 0 Å². The van der Waals surface area contributed by atoms with Crippen LogP contribution in [0.4, 0.5) is 5.69 Å². The summed E-state index contributed by atoms with van der Waals surface area (Å²) < 4.78 is 11.2. The Labute approximate surface area is 190 Å². The number of aliphatic imine (C=N–C) groups is 1. The fourth-order valence-electron chi connectivity index (χ4n) is 3.58.